The monoisotopic (exact) mass is 386 g/mol. The lowest BCUT2D eigenvalue weighted by Gasteiger charge is -2.12. The fourth-order valence-electron chi connectivity index (χ4n) is 2.24. The average molecular weight is 387 g/mol. The van der Waals surface area contributed by atoms with Crippen molar-refractivity contribution in [2.75, 3.05) is 5.32 Å². The molecule has 132 valence electrons. The molecule has 3 aromatic rings. The number of aromatic nitrogens is 2. The zero-order valence-corrected chi connectivity index (χ0v) is 15.3. The van der Waals surface area contributed by atoms with Gasteiger partial charge in [-0.05, 0) is 30.7 Å². The maximum absolute atomic E-state index is 12.3. The molecule has 2 amide bonds. The van der Waals surface area contributed by atoms with Gasteiger partial charge in [0.05, 0.1) is 6.04 Å². The second-order valence-corrected chi connectivity index (χ2v) is 6.90. The Hall–Kier alpha value is -2.77. The van der Waals surface area contributed by atoms with Crippen LogP contribution in [-0.4, -0.2) is 22.0 Å². The van der Waals surface area contributed by atoms with E-state index >= 15 is 0 Å². The Morgan fingerprint density at radius 1 is 1.00 bits per heavy atom. The molecule has 6 nitrogen and oxygen atoms in total. The quantitative estimate of drug-likeness (QED) is 0.695. The number of amides is 2. The molecule has 0 aliphatic rings. The molecule has 0 spiro atoms. The van der Waals surface area contributed by atoms with Gasteiger partial charge in [0.1, 0.15) is 0 Å². The molecule has 0 fully saturated rings. The molecule has 1 atom stereocenters. The summed E-state index contributed by atoms with van der Waals surface area (Å²) in [5, 5.41) is 13.9. The predicted molar refractivity (Wildman–Crippen MR) is 102 cm³/mol. The highest BCUT2D eigenvalue weighted by Crippen LogP contribution is 2.18. The van der Waals surface area contributed by atoms with Gasteiger partial charge in [0.2, 0.25) is 10.0 Å². The lowest BCUT2D eigenvalue weighted by atomic mass is 10.1. The van der Waals surface area contributed by atoms with Crippen LogP contribution in [0.4, 0.5) is 5.69 Å². The summed E-state index contributed by atoms with van der Waals surface area (Å²) in [6.45, 7) is 1.88. The number of rotatable bonds is 5. The summed E-state index contributed by atoms with van der Waals surface area (Å²) in [5.41, 5.74) is 1.52. The maximum atomic E-state index is 12.3. The molecule has 26 heavy (non-hydrogen) atoms. The van der Waals surface area contributed by atoms with Gasteiger partial charge in [-0.2, -0.15) is 0 Å². The number of carbonyl (C=O) groups is 2. The van der Waals surface area contributed by atoms with Gasteiger partial charge in [-0.1, -0.05) is 59.3 Å². The predicted octanol–water partition coefficient (Wildman–Crippen LogP) is 3.93. The zero-order valence-electron chi connectivity index (χ0n) is 13.8. The standard InChI is InChI=1S/C18H15ClN4O2S/c1-11(12-6-3-2-4-7-12)20-15(24)17-22-23-18(26-17)16(25)21-14-9-5-8-13(19)10-14/h2-11H,1H3,(H,20,24)(H,21,25). The highest BCUT2D eigenvalue weighted by atomic mass is 35.5. The molecular weight excluding hydrogens is 372 g/mol. The second kappa shape index (κ2) is 8.07. The molecule has 0 aliphatic heterocycles. The lowest BCUT2D eigenvalue weighted by Crippen LogP contribution is -2.26. The third-order valence-corrected chi connectivity index (χ3v) is 4.70. The first kappa shape index (κ1) is 18.0. The SMILES string of the molecule is CC(NC(=O)c1nnc(C(=O)Nc2cccc(Cl)c2)s1)c1ccccc1. The average Bonchev–Trinajstić information content (AvgIpc) is 3.13. The molecule has 0 radical (unpaired) electrons. The van der Waals surface area contributed by atoms with Crippen molar-refractivity contribution >= 4 is 40.4 Å². The van der Waals surface area contributed by atoms with Crippen molar-refractivity contribution in [2.24, 2.45) is 0 Å². The Morgan fingerprint density at radius 3 is 2.38 bits per heavy atom. The van der Waals surface area contributed by atoms with E-state index in [1.54, 1.807) is 24.3 Å². The Bertz CT molecular complexity index is 930. The van der Waals surface area contributed by atoms with E-state index in [0.717, 1.165) is 16.9 Å². The van der Waals surface area contributed by atoms with Crippen molar-refractivity contribution in [3.8, 4) is 0 Å². The smallest absolute Gasteiger partial charge is 0.286 e. The van der Waals surface area contributed by atoms with Gasteiger partial charge in [0.25, 0.3) is 11.8 Å². The summed E-state index contributed by atoms with van der Waals surface area (Å²) >= 11 is 6.82. The van der Waals surface area contributed by atoms with Gasteiger partial charge in [0.15, 0.2) is 0 Å². The van der Waals surface area contributed by atoms with E-state index in [4.69, 9.17) is 11.6 Å². The molecule has 1 heterocycles. The van der Waals surface area contributed by atoms with E-state index in [-0.39, 0.29) is 22.0 Å². The van der Waals surface area contributed by atoms with E-state index in [9.17, 15) is 9.59 Å². The Morgan fingerprint density at radius 2 is 1.69 bits per heavy atom. The van der Waals surface area contributed by atoms with Crippen molar-refractivity contribution in [2.45, 2.75) is 13.0 Å². The van der Waals surface area contributed by atoms with E-state index in [2.05, 4.69) is 20.8 Å². The molecule has 0 saturated carbocycles. The molecule has 3 rings (SSSR count). The summed E-state index contributed by atoms with van der Waals surface area (Å²) < 4.78 is 0. The zero-order chi connectivity index (χ0) is 18.5. The molecule has 1 aromatic heterocycles. The molecule has 0 saturated heterocycles. The first-order valence-electron chi connectivity index (χ1n) is 7.79. The largest absolute Gasteiger partial charge is 0.343 e. The number of nitrogens with zero attached hydrogens (tertiary/aromatic N) is 2. The fraction of sp³-hybridized carbons (Fsp3) is 0.111. The van der Waals surface area contributed by atoms with Crippen LogP contribution in [0.2, 0.25) is 5.02 Å². The fourth-order valence-corrected chi connectivity index (χ4v) is 3.07. The Labute approximate surface area is 159 Å². The number of benzene rings is 2. The highest BCUT2D eigenvalue weighted by Gasteiger charge is 2.19. The number of anilines is 1. The Kier molecular flexibility index (Phi) is 5.60. The normalized spacial score (nSPS) is 11.6. The van der Waals surface area contributed by atoms with Crippen LogP contribution in [0.5, 0.6) is 0 Å². The Balaban J connectivity index is 1.65. The van der Waals surface area contributed by atoms with E-state index < -0.39 is 5.91 Å². The molecule has 8 heteroatoms. The summed E-state index contributed by atoms with van der Waals surface area (Å²) in [7, 11) is 0. The van der Waals surface area contributed by atoms with Gasteiger partial charge < -0.3 is 10.6 Å². The van der Waals surface area contributed by atoms with E-state index in [1.807, 2.05) is 37.3 Å². The lowest BCUT2D eigenvalue weighted by molar-refractivity contribution is 0.0937. The summed E-state index contributed by atoms with van der Waals surface area (Å²) in [6, 6.07) is 16.1. The van der Waals surface area contributed by atoms with Gasteiger partial charge in [-0.25, -0.2) is 0 Å². The number of hydrogen-bond donors (Lipinski definition) is 2. The van der Waals surface area contributed by atoms with E-state index in [0.29, 0.717) is 10.7 Å². The number of carbonyl (C=O) groups excluding carboxylic acids is 2. The minimum Gasteiger partial charge on any atom is -0.343 e. The van der Waals surface area contributed by atoms with Crippen LogP contribution in [0.15, 0.2) is 54.6 Å². The molecule has 2 aromatic carbocycles. The van der Waals surface area contributed by atoms with Crippen molar-refractivity contribution in [3.05, 3.63) is 75.2 Å². The van der Waals surface area contributed by atoms with Gasteiger partial charge in [0, 0.05) is 10.7 Å². The van der Waals surface area contributed by atoms with Crippen molar-refractivity contribution < 1.29 is 9.59 Å². The van der Waals surface area contributed by atoms with Crippen molar-refractivity contribution in [1.29, 1.82) is 0 Å². The van der Waals surface area contributed by atoms with Gasteiger partial charge in [-0.3, -0.25) is 9.59 Å². The third-order valence-electron chi connectivity index (χ3n) is 3.54. The molecule has 0 aliphatic carbocycles. The number of halogens is 1. The second-order valence-electron chi connectivity index (χ2n) is 5.48. The number of hydrogen-bond acceptors (Lipinski definition) is 5. The number of nitrogens with one attached hydrogen (secondary N) is 2. The van der Waals surface area contributed by atoms with Crippen LogP contribution in [0.25, 0.3) is 0 Å². The summed E-state index contributed by atoms with van der Waals surface area (Å²) in [5.74, 6) is -0.819. The maximum Gasteiger partial charge on any atom is 0.286 e. The molecule has 2 N–H and O–H groups in total. The molecule has 1 unspecified atom stereocenters. The molecule has 0 bridgehead atoms. The first-order valence-corrected chi connectivity index (χ1v) is 8.98. The van der Waals surface area contributed by atoms with Crippen LogP contribution >= 0.6 is 22.9 Å². The van der Waals surface area contributed by atoms with Crippen molar-refractivity contribution in [3.63, 3.8) is 0 Å². The van der Waals surface area contributed by atoms with Crippen LogP contribution < -0.4 is 10.6 Å². The molecular formula is C18H15ClN4O2S. The van der Waals surface area contributed by atoms with Crippen LogP contribution in [0.1, 0.15) is 38.1 Å². The summed E-state index contributed by atoms with van der Waals surface area (Å²) in [4.78, 5) is 24.5. The topological polar surface area (TPSA) is 84.0 Å². The van der Waals surface area contributed by atoms with Crippen LogP contribution in [0, 0.1) is 0 Å². The van der Waals surface area contributed by atoms with Gasteiger partial charge in [-0.15, -0.1) is 10.2 Å². The van der Waals surface area contributed by atoms with Crippen LogP contribution in [-0.2, 0) is 0 Å². The highest BCUT2D eigenvalue weighted by molar-refractivity contribution is 7.15. The van der Waals surface area contributed by atoms with E-state index in [1.165, 1.54) is 0 Å². The van der Waals surface area contributed by atoms with Gasteiger partial charge >= 0.3 is 0 Å². The third kappa shape index (κ3) is 4.44. The minimum atomic E-state index is -0.445. The summed E-state index contributed by atoms with van der Waals surface area (Å²) in [6.07, 6.45) is 0. The first-order chi connectivity index (χ1) is 12.5. The van der Waals surface area contributed by atoms with Crippen molar-refractivity contribution in [1.82, 2.24) is 15.5 Å². The minimum absolute atomic E-state index is 0.0995. The van der Waals surface area contributed by atoms with Crippen LogP contribution in [0.3, 0.4) is 0 Å².